The number of nitrogens with zero attached hydrogens (tertiary/aromatic N) is 1. The number of ether oxygens (including phenoxy) is 1. The Hall–Kier alpha value is -2.49. The molecule has 1 saturated carbocycles. The number of rotatable bonds is 7. The first-order chi connectivity index (χ1) is 16.3. The minimum absolute atomic E-state index is 0.224. The molecule has 9 heteroatoms. The molecular formula is C25H30FN3O4S. The molecule has 0 bridgehead atoms. The van der Waals surface area contributed by atoms with Crippen molar-refractivity contribution in [3.8, 4) is 11.1 Å². The Morgan fingerprint density at radius 3 is 2.50 bits per heavy atom. The smallest absolute Gasteiger partial charge is 0.317 e. The SMILES string of the molecule is CS(=O)(=O)N[C@@H]1[C@H](Cc2cccc(-c3ccccc3)c2F)N(C(=O)NCC2COC2)CC12CC2. The molecule has 1 spiro atoms. The fourth-order valence-electron chi connectivity index (χ4n) is 5.20. The minimum Gasteiger partial charge on any atom is -0.381 e. The van der Waals surface area contributed by atoms with E-state index in [1.165, 1.54) is 0 Å². The summed E-state index contributed by atoms with van der Waals surface area (Å²) in [5.74, 6) is -0.0413. The first-order valence-corrected chi connectivity index (χ1v) is 13.6. The summed E-state index contributed by atoms with van der Waals surface area (Å²) in [4.78, 5) is 14.9. The molecule has 3 aliphatic rings. The fourth-order valence-corrected chi connectivity index (χ4v) is 6.06. The van der Waals surface area contributed by atoms with Crippen LogP contribution in [0, 0.1) is 17.2 Å². The lowest BCUT2D eigenvalue weighted by atomic mass is 9.91. The molecule has 7 nitrogen and oxygen atoms in total. The molecule has 2 amide bonds. The van der Waals surface area contributed by atoms with Crippen LogP contribution in [0.25, 0.3) is 11.1 Å². The summed E-state index contributed by atoms with van der Waals surface area (Å²) in [6, 6.07) is 13.4. The van der Waals surface area contributed by atoms with Crippen LogP contribution in [0.15, 0.2) is 48.5 Å². The number of nitrogens with one attached hydrogen (secondary N) is 2. The third-order valence-corrected chi connectivity index (χ3v) is 7.95. The summed E-state index contributed by atoms with van der Waals surface area (Å²) in [6.07, 6.45) is 3.03. The Morgan fingerprint density at radius 1 is 1.15 bits per heavy atom. The largest absolute Gasteiger partial charge is 0.381 e. The number of urea groups is 1. The molecule has 0 aromatic heterocycles. The third-order valence-electron chi connectivity index (χ3n) is 7.27. The van der Waals surface area contributed by atoms with Crippen molar-refractivity contribution in [2.24, 2.45) is 11.3 Å². The van der Waals surface area contributed by atoms with Gasteiger partial charge in [-0.05, 0) is 30.4 Å². The molecule has 5 rings (SSSR count). The summed E-state index contributed by atoms with van der Waals surface area (Å²) < 4.78 is 48.1. The van der Waals surface area contributed by atoms with Crippen LogP contribution in [0.3, 0.4) is 0 Å². The van der Waals surface area contributed by atoms with Crippen molar-refractivity contribution in [2.75, 3.05) is 32.6 Å². The number of amides is 2. The number of carbonyl (C=O) groups is 1. The predicted molar refractivity (Wildman–Crippen MR) is 127 cm³/mol. The maximum atomic E-state index is 15.6. The zero-order valence-electron chi connectivity index (χ0n) is 19.2. The molecule has 182 valence electrons. The van der Waals surface area contributed by atoms with Gasteiger partial charge in [0.15, 0.2) is 0 Å². The minimum atomic E-state index is -3.51. The maximum absolute atomic E-state index is 15.6. The summed E-state index contributed by atoms with van der Waals surface area (Å²) >= 11 is 0. The zero-order chi connectivity index (χ0) is 23.9. The van der Waals surface area contributed by atoms with Gasteiger partial charge < -0.3 is 15.0 Å². The summed E-state index contributed by atoms with van der Waals surface area (Å²) in [5, 5.41) is 2.98. The van der Waals surface area contributed by atoms with E-state index in [-0.39, 0.29) is 23.7 Å². The van der Waals surface area contributed by atoms with Crippen LogP contribution < -0.4 is 10.0 Å². The second-order valence-corrected chi connectivity index (χ2v) is 11.6. The van der Waals surface area contributed by atoms with E-state index in [2.05, 4.69) is 10.0 Å². The number of hydrogen-bond donors (Lipinski definition) is 2. The molecule has 2 heterocycles. The molecule has 2 atom stereocenters. The maximum Gasteiger partial charge on any atom is 0.317 e. The summed E-state index contributed by atoms with van der Waals surface area (Å²) in [7, 11) is -3.51. The number of hydrogen-bond acceptors (Lipinski definition) is 4. The van der Waals surface area contributed by atoms with Gasteiger partial charge >= 0.3 is 6.03 Å². The van der Waals surface area contributed by atoms with Crippen molar-refractivity contribution in [2.45, 2.75) is 31.3 Å². The van der Waals surface area contributed by atoms with Gasteiger partial charge in [0.2, 0.25) is 10.0 Å². The molecule has 0 unspecified atom stereocenters. The van der Waals surface area contributed by atoms with E-state index in [1.807, 2.05) is 36.4 Å². The number of halogens is 1. The van der Waals surface area contributed by atoms with Gasteiger partial charge in [-0.25, -0.2) is 22.3 Å². The highest BCUT2D eigenvalue weighted by Crippen LogP contribution is 2.55. The molecule has 2 aromatic carbocycles. The van der Waals surface area contributed by atoms with Crippen LogP contribution in [0.4, 0.5) is 9.18 Å². The standard InChI is InChI=1S/C25H30FN3O4S/c1-34(31,32)28-23-21(12-19-8-5-9-20(22(19)26)18-6-3-2-4-7-18)29(16-25(23)10-11-25)24(30)27-13-17-14-33-15-17/h2-9,17,21,23,28H,10-16H2,1H3,(H,27,30)/t21-,23+/m0/s1. The van der Waals surface area contributed by atoms with E-state index in [4.69, 9.17) is 4.74 Å². The number of sulfonamides is 1. The normalized spacial score (nSPS) is 23.6. The summed E-state index contributed by atoms with van der Waals surface area (Å²) in [5.41, 5.74) is 1.44. The monoisotopic (exact) mass is 487 g/mol. The molecule has 2 aromatic rings. The molecule has 2 N–H and O–H groups in total. The Labute approximate surface area is 199 Å². The van der Waals surface area contributed by atoms with Gasteiger partial charge in [-0.2, -0.15) is 0 Å². The van der Waals surface area contributed by atoms with E-state index in [9.17, 15) is 13.2 Å². The van der Waals surface area contributed by atoms with Gasteiger partial charge in [0.25, 0.3) is 0 Å². The summed E-state index contributed by atoms with van der Waals surface area (Å²) in [6.45, 7) is 2.22. The molecule has 2 saturated heterocycles. The number of carbonyl (C=O) groups excluding carboxylic acids is 1. The van der Waals surface area contributed by atoms with E-state index >= 15 is 4.39 Å². The van der Waals surface area contributed by atoms with E-state index in [0.717, 1.165) is 24.7 Å². The average Bonchev–Trinajstić information content (AvgIpc) is 3.49. The van der Waals surface area contributed by atoms with Gasteiger partial charge in [0, 0.05) is 36.0 Å². The first kappa shape index (κ1) is 23.3. The highest BCUT2D eigenvalue weighted by atomic mass is 32.2. The Bertz CT molecular complexity index is 1170. The fraction of sp³-hybridized carbons (Fsp3) is 0.480. The van der Waals surface area contributed by atoms with Crippen LogP contribution in [0.2, 0.25) is 0 Å². The molecule has 1 aliphatic carbocycles. The second-order valence-electron chi connectivity index (χ2n) is 9.86. The molecular weight excluding hydrogens is 457 g/mol. The average molecular weight is 488 g/mol. The lowest BCUT2D eigenvalue weighted by Crippen LogP contribution is -2.52. The van der Waals surface area contributed by atoms with Crippen molar-refractivity contribution in [3.05, 3.63) is 59.9 Å². The van der Waals surface area contributed by atoms with Gasteiger partial charge in [-0.15, -0.1) is 0 Å². The Balaban J connectivity index is 1.44. The zero-order valence-corrected chi connectivity index (χ0v) is 20.0. The first-order valence-electron chi connectivity index (χ1n) is 11.7. The van der Waals surface area contributed by atoms with Crippen molar-refractivity contribution in [1.29, 1.82) is 0 Å². The third kappa shape index (κ3) is 4.69. The molecule has 3 fully saturated rings. The van der Waals surface area contributed by atoms with Crippen molar-refractivity contribution in [1.82, 2.24) is 14.9 Å². The van der Waals surface area contributed by atoms with Gasteiger partial charge in [-0.1, -0.05) is 48.5 Å². The van der Waals surface area contributed by atoms with Crippen molar-refractivity contribution < 1.29 is 22.3 Å². The molecule has 34 heavy (non-hydrogen) atoms. The van der Waals surface area contributed by atoms with Crippen LogP contribution >= 0.6 is 0 Å². The Morgan fingerprint density at radius 2 is 1.88 bits per heavy atom. The van der Waals surface area contributed by atoms with Gasteiger partial charge in [0.05, 0.1) is 25.5 Å². The van der Waals surface area contributed by atoms with Gasteiger partial charge in [-0.3, -0.25) is 0 Å². The highest BCUT2D eigenvalue weighted by Gasteiger charge is 2.61. The highest BCUT2D eigenvalue weighted by molar-refractivity contribution is 7.88. The second kappa shape index (κ2) is 8.94. The van der Waals surface area contributed by atoms with Gasteiger partial charge in [0.1, 0.15) is 5.82 Å². The van der Waals surface area contributed by atoms with Crippen LogP contribution in [0.5, 0.6) is 0 Å². The van der Waals surface area contributed by atoms with E-state index in [0.29, 0.717) is 43.3 Å². The van der Waals surface area contributed by atoms with E-state index in [1.54, 1.807) is 17.0 Å². The quantitative estimate of drug-likeness (QED) is 0.629. The van der Waals surface area contributed by atoms with E-state index < -0.39 is 22.1 Å². The van der Waals surface area contributed by atoms with Crippen LogP contribution in [-0.4, -0.2) is 64.0 Å². The Kier molecular flexibility index (Phi) is 6.12. The van der Waals surface area contributed by atoms with Crippen molar-refractivity contribution in [3.63, 3.8) is 0 Å². The molecule has 0 radical (unpaired) electrons. The van der Waals surface area contributed by atoms with Crippen LogP contribution in [0.1, 0.15) is 18.4 Å². The predicted octanol–water partition coefficient (Wildman–Crippen LogP) is 2.77. The molecule has 2 aliphatic heterocycles. The number of benzene rings is 2. The van der Waals surface area contributed by atoms with Crippen LogP contribution in [-0.2, 0) is 21.2 Å². The number of likely N-dealkylation sites (tertiary alicyclic amines) is 1. The van der Waals surface area contributed by atoms with Crippen molar-refractivity contribution >= 4 is 16.1 Å². The lowest BCUT2D eigenvalue weighted by molar-refractivity contribution is -0.0298. The topological polar surface area (TPSA) is 87.7 Å². The lowest BCUT2D eigenvalue weighted by Gasteiger charge is -2.31.